The minimum Gasteiger partial charge on any atom is -0.495 e. The van der Waals surface area contributed by atoms with E-state index in [9.17, 15) is 21.6 Å². The second kappa shape index (κ2) is 6.63. The molecule has 21 heavy (non-hydrogen) atoms. The van der Waals surface area contributed by atoms with E-state index in [4.69, 9.17) is 10.5 Å². The van der Waals surface area contributed by atoms with Gasteiger partial charge >= 0.3 is 6.18 Å². The molecule has 0 bridgehead atoms. The van der Waals surface area contributed by atoms with Crippen molar-refractivity contribution in [2.75, 3.05) is 20.2 Å². The summed E-state index contributed by atoms with van der Waals surface area (Å²) in [6.45, 7) is -0.458. The standard InChI is InChI=1S/C12H17F3N2O3S/c1-3-17(8-12(13,14)15)21(18,19)11-6-9(7-16)4-5-10(11)20-2/h4-6H,3,7-8,16H2,1-2H3. The van der Waals surface area contributed by atoms with Gasteiger partial charge in [-0.05, 0) is 17.7 Å². The van der Waals surface area contributed by atoms with Crippen LogP contribution in [0, 0.1) is 0 Å². The number of nitrogens with zero attached hydrogens (tertiary/aromatic N) is 1. The van der Waals surface area contributed by atoms with Gasteiger partial charge in [0.25, 0.3) is 0 Å². The Hall–Kier alpha value is -1.32. The van der Waals surface area contributed by atoms with Gasteiger partial charge in [0.05, 0.1) is 7.11 Å². The second-order valence-corrected chi connectivity index (χ2v) is 6.14. The van der Waals surface area contributed by atoms with Crippen molar-refractivity contribution in [3.8, 4) is 5.75 Å². The number of rotatable bonds is 6. The van der Waals surface area contributed by atoms with Gasteiger partial charge in [-0.15, -0.1) is 0 Å². The highest BCUT2D eigenvalue weighted by molar-refractivity contribution is 7.89. The van der Waals surface area contributed by atoms with Gasteiger partial charge in [-0.2, -0.15) is 17.5 Å². The van der Waals surface area contributed by atoms with Crippen LogP contribution in [0.3, 0.4) is 0 Å². The van der Waals surface area contributed by atoms with Gasteiger partial charge in [-0.3, -0.25) is 0 Å². The molecule has 0 saturated heterocycles. The SMILES string of the molecule is CCN(CC(F)(F)F)S(=O)(=O)c1cc(CN)ccc1OC. The molecule has 120 valence electrons. The number of benzene rings is 1. The van der Waals surface area contributed by atoms with E-state index in [2.05, 4.69) is 0 Å². The van der Waals surface area contributed by atoms with Crippen molar-refractivity contribution in [1.29, 1.82) is 0 Å². The number of hydrogen-bond acceptors (Lipinski definition) is 4. The summed E-state index contributed by atoms with van der Waals surface area (Å²) in [6.07, 6.45) is -4.62. The zero-order valence-corrected chi connectivity index (χ0v) is 12.5. The first-order valence-electron chi connectivity index (χ1n) is 6.09. The van der Waals surface area contributed by atoms with E-state index in [-0.39, 0.29) is 23.7 Å². The van der Waals surface area contributed by atoms with Crippen LogP contribution in [0.1, 0.15) is 12.5 Å². The van der Waals surface area contributed by atoms with Crippen molar-refractivity contribution in [3.05, 3.63) is 23.8 Å². The first-order chi connectivity index (χ1) is 9.65. The van der Waals surface area contributed by atoms with Crippen LogP contribution in [-0.4, -0.2) is 39.1 Å². The van der Waals surface area contributed by atoms with Crippen molar-refractivity contribution in [2.24, 2.45) is 5.73 Å². The average molecular weight is 326 g/mol. The van der Waals surface area contributed by atoms with E-state index in [1.54, 1.807) is 6.07 Å². The van der Waals surface area contributed by atoms with Gasteiger partial charge < -0.3 is 10.5 Å². The van der Waals surface area contributed by atoms with Crippen LogP contribution < -0.4 is 10.5 Å². The van der Waals surface area contributed by atoms with Crippen LogP contribution in [-0.2, 0) is 16.6 Å². The Morgan fingerprint density at radius 1 is 1.33 bits per heavy atom. The lowest BCUT2D eigenvalue weighted by Crippen LogP contribution is -2.38. The number of nitrogens with two attached hydrogens (primary N) is 1. The van der Waals surface area contributed by atoms with Crippen LogP contribution in [0.5, 0.6) is 5.75 Å². The van der Waals surface area contributed by atoms with E-state index in [1.165, 1.54) is 26.2 Å². The Kier molecular flexibility index (Phi) is 5.60. The molecule has 1 rings (SSSR count). The van der Waals surface area contributed by atoms with E-state index in [0.717, 1.165) is 0 Å². The number of sulfonamides is 1. The fourth-order valence-corrected chi connectivity index (χ4v) is 3.40. The van der Waals surface area contributed by atoms with Crippen LogP contribution in [0.15, 0.2) is 23.1 Å². The molecular formula is C12H17F3N2O3S. The number of hydrogen-bond donors (Lipinski definition) is 1. The maximum Gasteiger partial charge on any atom is 0.402 e. The lowest BCUT2D eigenvalue weighted by molar-refractivity contribution is -0.135. The molecule has 0 saturated carbocycles. The zero-order chi connectivity index (χ0) is 16.3. The fourth-order valence-electron chi connectivity index (χ4n) is 1.76. The minimum atomic E-state index is -4.62. The van der Waals surface area contributed by atoms with Gasteiger partial charge in [0, 0.05) is 13.1 Å². The molecule has 0 aliphatic heterocycles. The number of alkyl halides is 3. The van der Waals surface area contributed by atoms with Crippen LogP contribution in [0.25, 0.3) is 0 Å². The van der Waals surface area contributed by atoms with Gasteiger partial charge in [0.2, 0.25) is 10.0 Å². The molecule has 0 aliphatic rings. The predicted octanol–water partition coefficient (Wildman–Crippen LogP) is 1.73. The van der Waals surface area contributed by atoms with Crippen molar-refractivity contribution < 1.29 is 26.3 Å². The lowest BCUT2D eigenvalue weighted by atomic mass is 10.2. The monoisotopic (exact) mass is 326 g/mol. The van der Waals surface area contributed by atoms with E-state index >= 15 is 0 Å². The first-order valence-corrected chi connectivity index (χ1v) is 7.53. The lowest BCUT2D eigenvalue weighted by Gasteiger charge is -2.23. The molecule has 1 aromatic rings. The summed E-state index contributed by atoms with van der Waals surface area (Å²) >= 11 is 0. The van der Waals surface area contributed by atoms with Crippen molar-refractivity contribution in [1.82, 2.24) is 4.31 Å². The number of ether oxygens (including phenoxy) is 1. The van der Waals surface area contributed by atoms with Gasteiger partial charge in [0.1, 0.15) is 17.2 Å². The maximum absolute atomic E-state index is 12.5. The Bertz CT molecular complexity index is 588. The smallest absolute Gasteiger partial charge is 0.402 e. The molecule has 0 atom stereocenters. The molecule has 2 N–H and O–H groups in total. The topological polar surface area (TPSA) is 72.6 Å². The molecule has 9 heteroatoms. The zero-order valence-electron chi connectivity index (χ0n) is 11.6. The summed E-state index contributed by atoms with van der Waals surface area (Å²) in [7, 11) is -3.08. The Morgan fingerprint density at radius 3 is 2.38 bits per heavy atom. The van der Waals surface area contributed by atoms with Crippen molar-refractivity contribution >= 4 is 10.0 Å². The number of halogens is 3. The van der Waals surface area contributed by atoms with E-state index in [0.29, 0.717) is 9.87 Å². The molecule has 0 radical (unpaired) electrons. The summed E-state index contributed by atoms with van der Waals surface area (Å²) < 4.78 is 67.6. The summed E-state index contributed by atoms with van der Waals surface area (Å²) in [5, 5.41) is 0. The normalized spacial score (nSPS) is 12.7. The average Bonchev–Trinajstić information content (AvgIpc) is 2.42. The van der Waals surface area contributed by atoms with Gasteiger partial charge in [0.15, 0.2) is 0 Å². The van der Waals surface area contributed by atoms with Crippen molar-refractivity contribution in [3.63, 3.8) is 0 Å². The van der Waals surface area contributed by atoms with E-state index in [1.807, 2.05) is 0 Å². The highest BCUT2D eigenvalue weighted by Crippen LogP contribution is 2.29. The van der Waals surface area contributed by atoms with Crippen LogP contribution >= 0.6 is 0 Å². The first kappa shape index (κ1) is 17.7. The predicted molar refractivity (Wildman–Crippen MR) is 71.4 cm³/mol. The molecule has 0 spiro atoms. The summed E-state index contributed by atoms with van der Waals surface area (Å²) in [5.41, 5.74) is 5.92. The maximum atomic E-state index is 12.5. The molecule has 5 nitrogen and oxygen atoms in total. The minimum absolute atomic E-state index is 0.0205. The molecular weight excluding hydrogens is 309 g/mol. The summed E-state index contributed by atoms with van der Waals surface area (Å²) in [6, 6.07) is 4.15. The fraction of sp³-hybridized carbons (Fsp3) is 0.500. The van der Waals surface area contributed by atoms with Crippen molar-refractivity contribution in [2.45, 2.75) is 24.5 Å². The quantitative estimate of drug-likeness (QED) is 0.864. The summed E-state index contributed by atoms with van der Waals surface area (Å²) in [4.78, 5) is -0.320. The molecule has 0 aromatic heterocycles. The third-order valence-corrected chi connectivity index (χ3v) is 4.73. The second-order valence-electron chi connectivity index (χ2n) is 4.24. The van der Waals surface area contributed by atoms with E-state index < -0.39 is 22.7 Å². The van der Waals surface area contributed by atoms with Gasteiger partial charge in [-0.1, -0.05) is 13.0 Å². The number of methoxy groups -OCH3 is 1. The van der Waals surface area contributed by atoms with Crippen LogP contribution in [0.4, 0.5) is 13.2 Å². The summed E-state index contributed by atoms with van der Waals surface area (Å²) in [5.74, 6) is -0.0205. The van der Waals surface area contributed by atoms with Gasteiger partial charge in [-0.25, -0.2) is 8.42 Å². The third-order valence-electron chi connectivity index (χ3n) is 2.79. The molecule has 1 aromatic carbocycles. The molecule has 0 amide bonds. The Morgan fingerprint density at radius 2 is 1.95 bits per heavy atom. The largest absolute Gasteiger partial charge is 0.495 e. The Labute approximate surface area is 121 Å². The third kappa shape index (κ3) is 4.32. The molecule has 0 fully saturated rings. The highest BCUT2D eigenvalue weighted by atomic mass is 32.2. The molecule has 0 aliphatic carbocycles. The van der Waals surface area contributed by atoms with Crippen LogP contribution in [0.2, 0.25) is 0 Å². The Balaban J connectivity index is 3.34. The molecule has 0 heterocycles. The highest BCUT2D eigenvalue weighted by Gasteiger charge is 2.37. The molecule has 0 unspecified atom stereocenters.